The minimum Gasteiger partial charge on any atom is -0.491 e. The van der Waals surface area contributed by atoms with Crippen LogP contribution in [0.1, 0.15) is 24.0 Å². The van der Waals surface area contributed by atoms with E-state index in [0.717, 1.165) is 61.6 Å². The van der Waals surface area contributed by atoms with Crippen LogP contribution < -0.4 is 14.4 Å². The Balaban J connectivity index is 1.17. The highest BCUT2D eigenvalue weighted by Crippen LogP contribution is 2.22. The fourth-order valence-corrected chi connectivity index (χ4v) is 4.26. The fraction of sp³-hybridized carbons (Fsp3) is 0.345. The lowest BCUT2D eigenvalue weighted by molar-refractivity contribution is -0.131. The van der Waals surface area contributed by atoms with Gasteiger partial charge in [-0.1, -0.05) is 42.5 Å². The molecule has 0 aromatic heterocycles. The van der Waals surface area contributed by atoms with E-state index in [9.17, 15) is 9.18 Å². The predicted molar refractivity (Wildman–Crippen MR) is 137 cm³/mol. The van der Waals surface area contributed by atoms with Crippen LogP contribution in [0.5, 0.6) is 11.5 Å². The first-order chi connectivity index (χ1) is 17.2. The summed E-state index contributed by atoms with van der Waals surface area (Å²) < 4.78 is 23.5. The summed E-state index contributed by atoms with van der Waals surface area (Å²) >= 11 is 0. The summed E-state index contributed by atoms with van der Waals surface area (Å²) in [6, 6.07) is 26.0. The van der Waals surface area contributed by atoms with Gasteiger partial charge in [-0.2, -0.15) is 0 Å². The Morgan fingerprint density at radius 2 is 1.54 bits per heavy atom. The maximum Gasteiger partial charge on any atom is 0.222 e. The molecule has 35 heavy (non-hydrogen) atoms. The van der Waals surface area contributed by atoms with E-state index in [2.05, 4.69) is 29.2 Å². The Kier molecular flexibility index (Phi) is 8.98. The number of halogens is 1. The third-order valence-electron chi connectivity index (χ3n) is 6.18. The molecule has 0 radical (unpaired) electrons. The number of benzene rings is 3. The molecule has 1 aliphatic heterocycles. The van der Waals surface area contributed by atoms with E-state index in [4.69, 9.17) is 9.47 Å². The molecule has 1 aliphatic rings. The van der Waals surface area contributed by atoms with E-state index < -0.39 is 6.67 Å². The normalized spacial score (nSPS) is 13.5. The average molecular weight is 477 g/mol. The van der Waals surface area contributed by atoms with Gasteiger partial charge in [-0.25, -0.2) is 4.39 Å². The van der Waals surface area contributed by atoms with Gasteiger partial charge in [-0.05, 0) is 60.4 Å². The summed E-state index contributed by atoms with van der Waals surface area (Å²) in [5.74, 6) is 1.74. The Bertz CT molecular complexity index is 1050. The van der Waals surface area contributed by atoms with Gasteiger partial charge in [-0.15, -0.1) is 0 Å². The monoisotopic (exact) mass is 476 g/mol. The van der Waals surface area contributed by atoms with E-state index in [1.807, 2.05) is 59.5 Å². The number of hydrogen-bond donors (Lipinski definition) is 0. The van der Waals surface area contributed by atoms with Gasteiger partial charge < -0.3 is 19.3 Å². The molecular weight excluding hydrogens is 443 g/mol. The van der Waals surface area contributed by atoms with Crippen molar-refractivity contribution < 1.29 is 18.7 Å². The molecule has 0 N–H and O–H groups in total. The van der Waals surface area contributed by atoms with Gasteiger partial charge in [0, 0.05) is 38.3 Å². The lowest BCUT2D eigenvalue weighted by atomic mass is 10.1. The zero-order chi connectivity index (χ0) is 24.3. The number of piperazine rings is 1. The second-order valence-electron chi connectivity index (χ2n) is 8.67. The van der Waals surface area contributed by atoms with Crippen molar-refractivity contribution in [1.29, 1.82) is 0 Å². The zero-order valence-corrected chi connectivity index (χ0v) is 20.1. The summed E-state index contributed by atoms with van der Waals surface area (Å²) in [6.07, 6.45) is 2.12. The first-order valence-electron chi connectivity index (χ1n) is 12.3. The summed E-state index contributed by atoms with van der Waals surface area (Å²) in [7, 11) is 0. The van der Waals surface area contributed by atoms with Gasteiger partial charge in [0.05, 0.1) is 0 Å². The predicted octanol–water partition coefficient (Wildman–Crippen LogP) is 5.29. The quantitative estimate of drug-likeness (QED) is 0.377. The molecule has 1 fully saturated rings. The molecule has 6 heteroatoms. The minimum absolute atomic E-state index is 0.0695. The number of carbonyl (C=O) groups excluding carboxylic acids is 1. The minimum atomic E-state index is -0.500. The average Bonchev–Trinajstić information content (AvgIpc) is 2.92. The van der Waals surface area contributed by atoms with Crippen molar-refractivity contribution in [3.63, 3.8) is 0 Å². The van der Waals surface area contributed by atoms with E-state index in [1.54, 1.807) is 0 Å². The third-order valence-corrected chi connectivity index (χ3v) is 6.18. The lowest BCUT2D eigenvalue weighted by Crippen LogP contribution is -2.48. The Morgan fingerprint density at radius 3 is 2.29 bits per heavy atom. The SMILES string of the molecule is O=C(CCCc1cccc(OCCF)c1)N1CCN(c2ccc(OCc3ccccc3)cc2)CC1. The van der Waals surface area contributed by atoms with Gasteiger partial charge in [0.1, 0.15) is 31.4 Å². The third kappa shape index (κ3) is 7.47. The van der Waals surface area contributed by atoms with E-state index in [1.165, 1.54) is 0 Å². The Morgan fingerprint density at radius 1 is 0.800 bits per heavy atom. The van der Waals surface area contributed by atoms with Crippen LogP contribution in [0.3, 0.4) is 0 Å². The number of ether oxygens (including phenoxy) is 2. The first-order valence-corrected chi connectivity index (χ1v) is 12.3. The van der Waals surface area contributed by atoms with E-state index >= 15 is 0 Å². The number of carbonyl (C=O) groups is 1. The zero-order valence-electron chi connectivity index (χ0n) is 20.1. The van der Waals surface area contributed by atoms with Crippen LogP contribution in [0.2, 0.25) is 0 Å². The molecule has 1 heterocycles. The fourth-order valence-electron chi connectivity index (χ4n) is 4.26. The van der Waals surface area contributed by atoms with Crippen LogP contribution in [0, 0.1) is 0 Å². The number of hydrogen-bond acceptors (Lipinski definition) is 4. The van der Waals surface area contributed by atoms with Gasteiger partial charge in [0.2, 0.25) is 5.91 Å². The summed E-state index contributed by atoms with van der Waals surface area (Å²) in [6.45, 7) is 3.24. The molecule has 3 aromatic carbocycles. The molecule has 0 saturated carbocycles. The molecular formula is C29H33FN2O3. The molecule has 3 aromatic rings. The second-order valence-corrected chi connectivity index (χ2v) is 8.67. The number of anilines is 1. The van der Waals surface area contributed by atoms with Gasteiger partial charge in [0.15, 0.2) is 0 Å². The molecule has 0 aliphatic carbocycles. The molecule has 0 bridgehead atoms. The van der Waals surface area contributed by atoms with Crippen LogP contribution in [-0.2, 0) is 17.8 Å². The van der Waals surface area contributed by atoms with Gasteiger partial charge in [0.25, 0.3) is 0 Å². The number of rotatable bonds is 11. The van der Waals surface area contributed by atoms with Crippen LogP contribution in [0.4, 0.5) is 10.1 Å². The second kappa shape index (κ2) is 12.8. The van der Waals surface area contributed by atoms with Crippen molar-refractivity contribution in [1.82, 2.24) is 4.90 Å². The number of alkyl halides is 1. The van der Waals surface area contributed by atoms with Crippen molar-refractivity contribution in [2.75, 3.05) is 44.4 Å². The number of amides is 1. The standard InChI is InChI=1S/C29H33FN2O3/c30-16-21-34-28-10-4-8-24(22-28)9-5-11-29(33)32-19-17-31(18-20-32)26-12-14-27(15-13-26)35-23-25-6-2-1-3-7-25/h1-4,6-8,10,12-15,22H,5,9,11,16-21,23H2. The smallest absolute Gasteiger partial charge is 0.222 e. The van der Waals surface area contributed by atoms with Crippen LogP contribution in [0.15, 0.2) is 78.9 Å². The van der Waals surface area contributed by atoms with Crippen LogP contribution in [-0.4, -0.2) is 50.3 Å². The first kappa shape index (κ1) is 24.6. The summed E-state index contributed by atoms with van der Waals surface area (Å²) in [5, 5.41) is 0. The molecule has 0 spiro atoms. The maximum atomic E-state index is 12.7. The Labute approximate surface area is 207 Å². The molecule has 1 amide bonds. The van der Waals surface area contributed by atoms with Gasteiger partial charge >= 0.3 is 0 Å². The highest BCUT2D eigenvalue weighted by atomic mass is 19.1. The number of nitrogens with zero attached hydrogens (tertiary/aromatic N) is 2. The van der Waals surface area contributed by atoms with Crippen LogP contribution >= 0.6 is 0 Å². The highest BCUT2D eigenvalue weighted by Gasteiger charge is 2.21. The molecule has 184 valence electrons. The van der Waals surface area contributed by atoms with Crippen molar-refractivity contribution in [3.8, 4) is 11.5 Å². The van der Waals surface area contributed by atoms with Gasteiger partial charge in [-0.3, -0.25) is 4.79 Å². The summed E-state index contributed by atoms with van der Waals surface area (Å²) in [5.41, 5.74) is 3.41. The molecule has 1 saturated heterocycles. The van der Waals surface area contributed by atoms with Crippen molar-refractivity contribution in [2.45, 2.75) is 25.9 Å². The van der Waals surface area contributed by atoms with Crippen molar-refractivity contribution >= 4 is 11.6 Å². The largest absolute Gasteiger partial charge is 0.491 e. The molecule has 4 rings (SSSR count). The summed E-state index contributed by atoms with van der Waals surface area (Å²) in [4.78, 5) is 17.0. The van der Waals surface area contributed by atoms with Crippen molar-refractivity contribution in [2.24, 2.45) is 0 Å². The van der Waals surface area contributed by atoms with E-state index in [0.29, 0.717) is 18.8 Å². The highest BCUT2D eigenvalue weighted by molar-refractivity contribution is 5.76. The van der Waals surface area contributed by atoms with Crippen molar-refractivity contribution in [3.05, 3.63) is 90.0 Å². The maximum absolute atomic E-state index is 12.7. The number of aryl methyl sites for hydroxylation is 1. The Hall–Kier alpha value is -3.54. The lowest BCUT2D eigenvalue weighted by Gasteiger charge is -2.36. The van der Waals surface area contributed by atoms with Crippen LogP contribution in [0.25, 0.3) is 0 Å². The molecule has 0 unspecified atom stereocenters. The topological polar surface area (TPSA) is 42.0 Å². The molecule has 5 nitrogen and oxygen atoms in total. The van der Waals surface area contributed by atoms with E-state index in [-0.39, 0.29) is 12.5 Å². The molecule has 0 atom stereocenters.